The van der Waals surface area contributed by atoms with E-state index in [1.54, 1.807) is 93.0 Å². The number of ketones is 1. The van der Waals surface area contributed by atoms with Crippen molar-refractivity contribution < 1.29 is 58.7 Å². The summed E-state index contributed by atoms with van der Waals surface area (Å²) in [6.45, 7) is 56.7. The molecule has 0 saturated carbocycles. The predicted molar refractivity (Wildman–Crippen MR) is 597 cm³/mol. The molecule has 14 N–H and O–H groups in total. The number of ether oxygens (including phenoxy) is 2. The van der Waals surface area contributed by atoms with Crippen LogP contribution in [0.2, 0.25) is 0 Å². The number of thiocarbonyl (C=S) groups is 1. The number of rotatable bonds is 24. The van der Waals surface area contributed by atoms with Crippen LogP contribution in [0, 0.1) is 22.7 Å². The number of halogens is 1. The van der Waals surface area contributed by atoms with Gasteiger partial charge in [-0.3, -0.25) is 14.4 Å². The minimum atomic E-state index is -1.33. The van der Waals surface area contributed by atoms with Crippen LogP contribution in [0.5, 0.6) is 0 Å². The Labute approximate surface area is 890 Å². The van der Waals surface area contributed by atoms with Crippen LogP contribution in [0.1, 0.15) is 337 Å². The van der Waals surface area contributed by atoms with Crippen LogP contribution < -0.4 is 38.5 Å². The molecule has 5 aliphatic rings. The molecule has 0 radical (unpaired) electrons. The van der Waals surface area contributed by atoms with Gasteiger partial charge in [0.25, 0.3) is 0 Å². The molecule has 14 rings (SSSR count). The maximum absolute atomic E-state index is 12.4. The van der Waals surface area contributed by atoms with Crippen molar-refractivity contribution in [3.8, 4) is 57.2 Å². The fourth-order valence-electron chi connectivity index (χ4n) is 18.5. The van der Waals surface area contributed by atoms with Gasteiger partial charge in [0.2, 0.25) is 11.8 Å². The molecule has 31 heteroatoms. The van der Waals surface area contributed by atoms with Crippen molar-refractivity contribution in [1.82, 2.24) is 41.2 Å². The van der Waals surface area contributed by atoms with Crippen LogP contribution in [-0.4, -0.2) is 155 Å². The fourth-order valence-corrected chi connectivity index (χ4v) is 22.1. The Hall–Kier alpha value is -9.61. The van der Waals surface area contributed by atoms with Crippen LogP contribution in [0.3, 0.4) is 0 Å². The lowest BCUT2D eigenvalue weighted by atomic mass is 9.63. The minimum absolute atomic E-state index is 0.139. The Morgan fingerprint density at radius 1 is 0.428 bits per heavy atom. The molecule has 4 amide bonds. The van der Waals surface area contributed by atoms with E-state index in [2.05, 4.69) is 300 Å². The van der Waals surface area contributed by atoms with Gasteiger partial charge in [-0.25, -0.2) is 34.3 Å². The number of alkyl halides is 1. The Kier molecular flexibility index (Phi) is 41.7. The molecule has 5 aliphatic carbocycles. The van der Waals surface area contributed by atoms with Crippen molar-refractivity contribution in [3.63, 3.8) is 0 Å². The van der Waals surface area contributed by atoms with Crippen LogP contribution in [0.4, 0.5) is 9.59 Å². The molecule has 0 spiro atoms. The first-order valence-corrected chi connectivity index (χ1v) is 55.1. The number of Topliss-reactive ketones (excluding diaryl/α,β-unsaturated/α-hetero) is 1. The number of carboxylic acids is 1. The number of thiazole rings is 4. The van der Waals surface area contributed by atoms with Crippen LogP contribution in [0.25, 0.3) is 45.0 Å². The number of benzene rings is 5. The Bertz CT molecular complexity index is 6090. The number of nitrogens with two attached hydrogens (primary N) is 3. The Morgan fingerprint density at radius 3 is 0.979 bits per heavy atom. The van der Waals surface area contributed by atoms with Gasteiger partial charge in [0, 0.05) is 81.7 Å². The van der Waals surface area contributed by atoms with Gasteiger partial charge in [0.15, 0.2) is 11.8 Å². The quantitative estimate of drug-likeness (QED) is 0.0152. The van der Waals surface area contributed by atoms with Crippen LogP contribution in [-0.2, 0) is 104 Å². The second-order valence-corrected chi connectivity index (χ2v) is 51.7. The van der Waals surface area contributed by atoms with E-state index < -0.39 is 66.6 Å². The second-order valence-electron chi connectivity index (χ2n) is 46.9. The third kappa shape index (κ3) is 33.4. The fraction of sp³-hybridized carbons (Fsp3) is 0.553. The first-order chi connectivity index (χ1) is 67.3. The number of fused-ring (bicyclic) bond motifs is 5. The van der Waals surface area contributed by atoms with Crippen molar-refractivity contribution in [2.45, 2.75) is 360 Å². The van der Waals surface area contributed by atoms with Gasteiger partial charge in [-0.1, -0.05) is 227 Å². The van der Waals surface area contributed by atoms with E-state index in [9.17, 15) is 33.9 Å². The van der Waals surface area contributed by atoms with Crippen molar-refractivity contribution in [2.24, 2.45) is 17.2 Å². The Balaban J connectivity index is 0.000000214. The molecule has 25 nitrogen and oxygen atoms in total. The maximum Gasteiger partial charge on any atom is 0.408 e. The largest absolute Gasteiger partial charge is 0.480 e. The highest BCUT2D eigenvalue weighted by atomic mass is 79.9. The summed E-state index contributed by atoms with van der Waals surface area (Å²) in [5.74, 6) is -1.94. The smallest absolute Gasteiger partial charge is 0.408 e. The van der Waals surface area contributed by atoms with E-state index in [-0.39, 0.29) is 83.9 Å². The van der Waals surface area contributed by atoms with Crippen molar-refractivity contribution >= 4 is 114 Å². The number of alkyl carbamates (subject to hydrolysis) is 2. The number of aromatic nitrogens is 4. The van der Waals surface area contributed by atoms with Gasteiger partial charge >= 0.3 is 18.2 Å². The van der Waals surface area contributed by atoms with Gasteiger partial charge in [-0.15, -0.1) is 45.3 Å². The number of aliphatic carboxylic acids is 1. The topological polar surface area (TPSA) is 427 Å². The average Bonchev–Trinajstić information content (AvgIpc) is 1.49. The normalized spacial score (nSPS) is 17.4. The number of amides is 4. The van der Waals surface area contributed by atoms with Crippen molar-refractivity contribution in [1.29, 1.82) is 10.5 Å². The van der Waals surface area contributed by atoms with E-state index >= 15 is 0 Å². The minimum Gasteiger partial charge on any atom is -0.480 e. The number of carbonyl (C=O) groups is 6. The molecule has 0 fully saturated rings. The lowest BCUT2D eigenvalue weighted by Crippen LogP contribution is -2.50. The summed E-state index contributed by atoms with van der Waals surface area (Å²) in [4.78, 5) is 88.3. The van der Waals surface area contributed by atoms with Gasteiger partial charge in [0.1, 0.15) is 28.3 Å². The number of hydrogen-bond acceptors (Lipinski definition) is 24. The number of nitriles is 2. The van der Waals surface area contributed by atoms with Gasteiger partial charge in [0.05, 0.1) is 92.9 Å². The van der Waals surface area contributed by atoms with Crippen molar-refractivity contribution in [3.05, 3.63) is 194 Å². The molecule has 5 aromatic carbocycles. The van der Waals surface area contributed by atoms with Crippen LogP contribution >= 0.6 is 73.5 Å². The van der Waals surface area contributed by atoms with E-state index in [0.717, 1.165) is 72.3 Å². The summed E-state index contributed by atoms with van der Waals surface area (Å²) < 4.78 is 9.94. The first-order valence-electron chi connectivity index (χ1n) is 50.0. The predicted octanol–water partition coefficient (Wildman–Crippen LogP) is 22.5. The molecule has 4 aromatic heterocycles. The summed E-state index contributed by atoms with van der Waals surface area (Å²) in [5.41, 5.74) is 40.7. The highest BCUT2D eigenvalue weighted by Crippen LogP contribution is 2.53. The zero-order chi connectivity index (χ0) is 108. The summed E-state index contributed by atoms with van der Waals surface area (Å²) in [6, 6.07) is 34.2. The third-order valence-electron chi connectivity index (χ3n) is 28.1. The van der Waals surface area contributed by atoms with Crippen LogP contribution in [0.15, 0.2) is 113 Å². The van der Waals surface area contributed by atoms with Gasteiger partial charge in [-0.05, 0) is 252 Å². The molecular weight excluding hydrogens is 1980 g/mol. The SMILES string of the molecule is CC(C)(C)OC(=O)N[C@@H](CO)C(=O)NCCc1nc(-c2ccc3c(c2)C(C)(C)CCC3(C)C)cs1.CC(C)(C)OC(=O)N[C@@H](CO)C(=O)O.CC1(C)CCC(C)(C)c2cc(-c3csc(CC#N)n3)ccc21.CC1(C)CCC(C)(C)c2cc(-c3csc(CCN)n3)ccc21.CC1(C)CCC(C)(C)c2cc(-c3csc(CCNC(=O)[C@@H](N)CO)n3)ccc21.CC1(C)CCC(C)(C)c2cc(C(=O)CBr)ccc21.N#CCC(N)=S. The standard InChI is InChI=1S/C27H39N3O4S.C22H31N3O2S.C19H26N2S.C19H22N2S.C16H21BrO.C8H15NO5.C3H4N2S/c1-25(2,3)34-24(33)30-20(15-31)23(32)28-13-10-22-29-21(16-35-22)17-8-9-18-19(14-17)27(6,7)12-11-26(18,4)5;1-21(2)8-9-22(3,4)16-11-14(5-6-15(16)21)18-13-28-19(25-18)7-10-24-20(27)17(23)12-26;2*1-18(2)8-9-19(3,4)15-11-13(5-6-14(15)18)16-12-22-17(21-16)7-10-20;1-15(2)7-8-16(3,4)13-9-11(14(18)10-17)5-6-12(13)15;1-8(2,3)14-7(13)9-5(4-10)6(11)12;4-2-1-3(5)6/h8-9,14,16,20,31H,10-13,15H2,1-7H3,(H,28,32)(H,30,33);5-6,11,13,17,26H,7-10,12,23H2,1-4H3,(H,24,27);5-6,11-12H,7-10,20H2,1-4H3;5-6,11-12H,7-9H2,1-4H3;5-6,9H,7-8,10H2,1-4H3;5,10H,4H2,1-3H3,(H,9,13)(H,11,12);1H2,(H2,5,6)/t20-;17-;;;;5-;/m00...0./s1. The van der Waals surface area contributed by atoms with Gasteiger partial charge in [-0.2, -0.15) is 10.5 Å². The molecule has 788 valence electrons. The second kappa shape index (κ2) is 50.1. The zero-order valence-electron chi connectivity index (χ0n) is 90.1. The third-order valence-corrected chi connectivity index (χ3v) is 32.3. The van der Waals surface area contributed by atoms with E-state index in [1.807, 2.05) is 11.4 Å². The molecule has 145 heavy (non-hydrogen) atoms. The molecule has 0 aliphatic heterocycles. The lowest BCUT2D eigenvalue weighted by molar-refractivity contribution is -0.140. The number of aliphatic hydroxyl groups is 3. The number of aliphatic hydroxyl groups excluding tert-OH is 3. The number of nitrogens with zero attached hydrogens (tertiary/aromatic N) is 6. The molecule has 3 atom stereocenters. The summed E-state index contributed by atoms with van der Waals surface area (Å²) in [5, 5.41) is 74.7. The molecule has 4 heterocycles. The maximum atomic E-state index is 12.4. The molecule has 9 aromatic rings. The van der Waals surface area contributed by atoms with Crippen molar-refractivity contribution in [2.75, 3.05) is 44.8 Å². The highest BCUT2D eigenvalue weighted by Gasteiger charge is 2.43. The molecular formula is C114H158BrN13O12S5. The van der Waals surface area contributed by atoms with E-state index in [1.165, 1.54) is 125 Å². The first kappa shape index (κ1) is 121. The number of carbonyl (C=O) groups excluding carboxylic acids is 5. The van der Waals surface area contributed by atoms with Gasteiger partial charge < -0.3 is 68.4 Å². The number of carboxylic acid groups (broad SMARTS) is 1. The molecule has 0 saturated heterocycles. The lowest BCUT2D eigenvalue weighted by Gasteiger charge is -2.42. The monoisotopic (exact) mass is 2140 g/mol. The summed E-state index contributed by atoms with van der Waals surface area (Å²) in [6.07, 6.45) is 13.1. The van der Waals surface area contributed by atoms with E-state index in [0.29, 0.717) is 44.2 Å². The summed E-state index contributed by atoms with van der Waals surface area (Å²) >= 11 is 14.1. The summed E-state index contributed by atoms with van der Waals surface area (Å²) in [7, 11) is 0. The zero-order valence-corrected chi connectivity index (χ0v) is 95.8. The average molecular weight is 2140 g/mol. The van der Waals surface area contributed by atoms with E-state index in [4.69, 9.17) is 67.5 Å². The highest BCUT2D eigenvalue weighted by molar-refractivity contribution is 9.09. The molecule has 0 bridgehead atoms. The number of nitrogens with one attached hydrogen (secondary N) is 4. The number of hydrogen-bond donors (Lipinski definition) is 11. The Morgan fingerprint density at radius 2 is 0.710 bits per heavy atom. The molecule has 0 unspecified atom stereocenters.